The van der Waals surface area contributed by atoms with Crippen LogP contribution < -0.4 is 0 Å². The molecule has 0 unspecified atom stereocenters. The Hall–Kier alpha value is -1.62. The standard InChI is InChI=1S/C11H10NO3S/c1-16(13,14)8-9-4-2-3-5-10(9)11-6-7-12-15-11/h2-7H,1,8H2. The number of nitrogens with zero attached hydrogens (tertiary/aromatic N) is 1. The molecule has 16 heavy (non-hydrogen) atoms. The molecule has 0 fully saturated rings. The first-order chi connectivity index (χ1) is 7.56. The van der Waals surface area contributed by atoms with Crippen LogP contribution in [0.25, 0.3) is 11.3 Å². The summed E-state index contributed by atoms with van der Waals surface area (Å²) in [6.45, 7) is 0. The van der Waals surface area contributed by atoms with E-state index in [0.717, 1.165) is 5.56 Å². The van der Waals surface area contributed by atoms with Gasteiger partial charge in [-0.3, -0.25) is 0 Å². The molecule has 0 aliphatic carbocycles. The molecule has 0 atom stereocenters. The maximum atomic E-state index is 11.2. The average molecular weight is 236 g/mol. The van der Waals surface area contributed by atoms with E-state index in [1.165, 1.54) is 6.20 Å². The van der Waals surface area contributed by atoms with E-state index in [1.54, 1.807) is 24.3 Å². The Morgan fingerprint density at radius 2 is 2.00 bits per heavy atom. The van der Waals surface area contributed by atoms with Crippen LogP contribution in [0.15, 0.2) is 41.1 Å². The molecule has 0 saturated heterocycles. The normalized spacial score (nSPS) is 11.6. The Morgan fingerprint density at radius 1 is 1.25 bits per heavy atom. The van der Waals surface area contributed by atoms with Crippen molar-refractivity contribution < 1.29 is 12.9 Å². The SMILES string of the molecule is [CH2]S(=O)(=O)Cc1ccccc1-c1ccno1. The molecule has 1 aromatic carbocycles. The third kappa shape index (κ3) is 2.49. The summed E-state index contributed by atoms with van der Waals surface area (Å²) in [5.74, 6) is 0.448. The molecular formula is C11H10NO3S. The highest BCUT2D eigenvalue weighted by Gasteiger charge is 2.12. The van der Waals surface area contributed by atoms with Crippen molar-refractivity contribution in [3.63, 3.8) is 0 Å². The van der Waals surface area contributed by atoms with Crippen molar-refractivity contribution in [3.05, 3.63) is 48.3 Å². The van der Waals surface area contributed by atoms with Crippen LogP contribution in [0.4, 0.5) is 0 Å². The molecule has 0 N–H and O–H groups in total. The zero-order valence-electron chi connectivity index (χ0n) is 8.46. The van der Waals surface area contributed by atoms with Crippen LogP contribution in [0.5, 0.6) is 0 Å². The van der Waals surface area contributed by atoms with Gasteiger partial charge in [0.05, 0.1) is 18.2 Å². The lowest BCUT2D eigenvalue weighted by atomic mass is 10.1. The summed E-state index contributed by atoms with van der Waals surface area (Å²) >= 11 is 0. The molecule has 1 aromatic heterocycles. The molecule has 0 aliphatic rings. The fourth-order valence-electron chi connectivity index (χ4n) is 1.48. The van der Waals surface area contributed by atoms with E-state index in [0.29, 0.717) is 11.3 Å². The van der Waals surface area contributed by atoms with Crippen molar-refractivity contribution in [1.29, 1.82) is 0 Å². The second-order valence-electron chi connectivity index (χ2n) is 3.42. The summed E-state index contributed by atoms with van der Waals surface area (Å²) in [4.78, 5) is 0. The monoisotopic (exact) mass is 236 g/mol. The van der Waals surface area contributed by atoms with E-state index in [1.807, 2.05) is 6.07 Å². The van der Waals surface area contributed by atoms with Crippen molar-refractivity contribution in [2.24, 2.45) is 0 Å². The van der Waals surface area contributed by atoms with Crippen LogP contribution in [-0.2, 0) is 15.6 Å². The summed E-state index contributed by atoms with van der Waals surface area (Å²) in [5, 5.41) is 3.60. The molecule has 2 aromatic rings. The summed E-state index contributed by atoms with van der Waals surface area (Å²) in [7, 11) is -3.30. The third-order valence-corrected chi connectivity index (χ3v) is 2.85. The Balaban J connectivity index is 2.47. The molecule has 4 nitrogen and oxygen atoms in total. The summed E-state index contributed by atoms with van der Waals surface area (Å²) < 4.78 is 27.3. The third-order valence-electron chi connectivity index (χ3n) is 2.10. The predicted molar refractivity (Wildman–Crippen MR) is 59.9 cm³/mol. The van der Waals surface area contributed by atoms with Gasteiger partial charge in [-0.15, -0.1) is 0 Å². The highest BCUT2D eigenvalue weighted by Crippen LogP contribution is 2.24. The number of aromatic nitrogens is 1. The van der Waals surface area contributed by atoms with Crippen molar-refractivity contribution in [3.8, 4) is 11.3 Å². The van der Waals surface area contributed by atoms with E-state index >= 15 is 0 Å². The second-order valence-corrected chi connectivity index (χ2v) is 5.20. The molecule has 0 bridgehead atoms. The van der Waals surface area contributed by atoms with Crippen LogP contribution >= 0.6 is 0 Å². The molecule has 0 saturated carbocycles. The zero-order chi connectivity index (χ0) is 11.6. The fraction of sp³-hybridized carbons (Fsp3) is 0.0909. The van der Waals surface area contributed by atoms with E-state index < -0.39 is 9.84 Å². The molecule has 2 rings (SSSR count). The summed E-state index contributed by atoms with van der Waals surface area (Å²) in [6, 6.07) is 8.81. The van der Waals surface area contributed by atoms with Crippen LogP contribution in [0, 0.1) is 6.26 Å². The molecule has 1 heterocycles. The highest BCUT2D eigenvalue weighted by atomic mass is 32.2. The van der Waals surface area contributed by atoms with Crippen LogP contribution in [0.1, 0.15) is 5.56 Å². The van der Waals surface area contributed by atoms with Gasteiger partial charge in [-0.05, 0) is 5.56 Å². The van der Waals surface area contributed by atoms with Crippen molar-refractivity contribution in [2.45, 2.75) is 5.75 Å². The lowest BCUT2D eigenvalue weighted by Gasteiger charge is -2.04. The van der Waals surface area contributed by atoms with Crippen molar-refractivity contribution in [1.82, 2.24) is 5.16 Å². The van der Waals surface area contributed by atoms with Gasteiger partial charge >= 0.3 is 0 Å². The Morgan fingerprint density at radius 3 is 2.62 bits per heavy atom. The number of hydrogen-bond acceptors (Lipinski definition) is 4. The summed E-state index contributed by atoms with van der Waals surface area (Å²) in [6.07, 6.45) is 4.63. The van der Waals surface area contributed by atoms with Crippen LogP contribution in [-0.4, -0.2) is 13.6 Å². The molecule has 5 heteroatoms. The number of sulfone groups is 1. The zero-order valence-corrected chi connectivity index (χ0v) is 9.28. The first-order valence-electron chi connectivity index (χ1n) is 4.61. The van der Waals surface area contributed by atoms with Gasteiger partial charge in [0.1, 0.15) is 0 Å². The quantitative estimate of drug-likeness (QED) is 0.818. The second kappa shape index (κ2) is 4.09. The molecule has 83 valence electrons. The van der Waals surface area contributed by atoms with Crippen molar-refractivity contribution in [2.75, 3.05) is 0 Å². The van der Waals surface area contributed by atoms with Crippen LogP contribution in [0.3, 0.4) is 0 Å². The number of benzene rings is 1. The minimum atomic E-state index is -3.30. The largest absolute Gasteiger partial charge is 0.356 e. The number of rotatable bonds is 3. The predicted octanol–water partition coefficient (Wildman–Crippen LogP) is 2.05. The lowest BCUT2D eigenvalue weighted by molar-refractivity contribution is 0.432. The molecule has 0 spiro atoms. The fourth-order valence-corrected chi connectivity index (χ4v) is 2.20. The van der Waals surface area contributed by atoms with Crippen molar-refractivity contribution >= 4 is 9.84 Å². The average Bonchev–Trinajstić information content (AvgIpc) is 2.69. The van der Waals surface area contributed by atoms with Gasteiger partial charge in [0, 0.05) is 11.6 Å². The maximum absolute atomic E-state index is 11.2. The topological polar surface area (TPSA) is 60.2 Å². The Kier molecular flexibility index (Phi) is 2.78. The minimum Gasteiger partial charge on any atom is -0.356 e. The van der Waals surface area contributed by atoms with E-state index in [9.17, 15) is 8.42 Å². The van der Waals surface area contributed by atoms with Gasteiger partial charge in [0.15, 0.2) is 15.6 Å². The first kappa shape index (κ1) is 10.9. The van der Waals surface area contributed by atoms with Gasteiger partial charge in [-0.2, -0.15) is 0 Å². The lowest BCUT2D eigenvalue weighted by Crippen LogP contribution is -1.99. The Bertz CT molecular complexity index is 573. The molecule has 1 radical (unpaired) electrons. The van der Waals surface area contributed by atoms with Gasteiger partial charge < -0.3 is 4.52 Å². The smallest absolute Gasteiger partial charge is 0.167 e. The molecule has 0 amide bonds. The number of hydrogen-bond donors (Lipinski definition) is 0. The van der Waals surface area contributed by atoms with Crippen LogP contribution in [0.2, 0.25) is 0 Å². The van der Waals surface area contributed by atoms with Gasteiger partial charge in [0.2, 0.25) is 0 Å². The van der Waals surface area contributed by atoms with E-state index in [-0.39, 0.29) is 5.75 Å². The van der Waals surface area contributed by atoms with E-state index in [2.05, 4.69) is 11.4 Å². The Labute approximate surface area is 93.8 Å². The maximum Gasteiger partial charge on any atom is 0.167 e. The molecular weight excluding hydrogens is 226 g/mol. The van der Waals surface area contributed by atoms with Gasteiger partial charge in [0.25, 0.3) is 0 Å². The van der Waals surface area contributed by atoms with E-state index in [4.69, 9.17) is 4.52 Å². The van der Waals surface area contributed by atoms with Gasteiger partial charge in [-0.25, -0.2) is 8.42 Å². The first-order valence-corrected chi connectivity index (χ1v) is 6.43. The highest BCUT2D eigenvalue weighted by molar-refractivity contribution is 7.91. The van der Waals surface area contributed by atoms with Gasteiger partial charge in [-0.1, -0.05) is 29.4 Å². The summed E-state index contributed by atoms with van der Waals surface area (Å²) in [5.41, 5.74) is 1.39. The minimum absolute atomic E-state index is 0.107. The molecule has 0 aliphatic heterocycles.